The zero-order valence-electron chi connectivity index (χ0n) is 22.9. The van der Waals surface area contributed by atoms with Crippen LogP contribution in [0.25, 0.3) is 10.9 Å². The Kier molecular flexibility index (Phi) is 8.87. The maximum absolute atomic E-state index is 14.9. The average molecular weight is 560 g/mol. The second kappa shape index (κ2) is 11.6. The Balaban J connectivity index is 1.92. The summed E-state index contributed by atoms with van der Waals surface area (Å²) in [5.41, 5.74) is 2.44. The van der Waals surface area contributed by atoms with Crippen LogP contribution in [-0.2, 0) is 27.7 Å². The number of halogens is 1. The van der Waals surface area contributed by atoms with E-state index in [4.69, 9.17) is 4.74 Å². The highest BCUT2D eigenvalue weighted by molar-refractivity contribution is 7.89. The van der Waals surface area contributed by atoms with E-state index in [0.717, 1.165) is 21.1 Å². The fourth-order valence-electron chi connectivity index (χ4n) is 4.08. The maximum atomic E-state index is 14.9. The Morgan fingerprint density at radius 1 is 1.13 bits per heavy atom. The van der Waals surface area contributed by atoms with Gasteiger partial charge < -0.3 is 19.7 Å². The van der Waals surface area contributed by atoms with E-state index >= 15 is 0 Å². The predicted molar refractivity (Wildman–Crippen MR) is 147 cm³/mol. The van der Waals surface area contributed by atoms with Crippen molar-refractivity contribution in [1.29, 1.82) is 0 Å². The maximum Gasteiger partial charge on any atom is 0.407 e. The number of alkyl carbamates (subject to hydrolysis) is 1. The van der Waals surface area contributed by atoms with Gasteiger partial charge in [0.25, 0.3) is 0 Å². The van der Waals surface area contributed by atoms with E-state index in [-0.39, 0.29) is 23.5 Å². The fourth-order valence-corrected chi connectivity index (χ4v) is 4.98. The van der Waals surface area contributed by atoms with Crippen LogP contribution in [-0.4, -0.2) is 60.7 Å². The van der Waals surface area contributed by atoms with E-state index in [1.807, 2.05) is 6.92 Å². The molecule has 1 aromatic heterocycles. The van der Waals surface area contributed by atoms with Gasteiger partial charge in [0.1, 0.15) is 11.4 Å². The van der Waals surface area contributed by atoms with Crippen molar-refractivity contribution in [2.45, 2.75) is 51.2 Å². The van der Waals surface area contributed by atoms with Crippen LogP contribution >= 0.6 is 0 Å². The van der Waals surface area contributed by atoms with Crippen molar-refractivity contribution in [2.24, 2.45) is 0 Å². The number of carbonyl (C=O) groups excluding carboxylic acids is 1. The molecule has 0 aliphatic rings. The SMILES string of the molecule is Cc1c(Cc2ccc(S(=O)(=O)N(C)C)cc2)c2cc(C(=O)O)ccc2n1C/C(F)=C/CNC(=O)OC(C)(C)C. The predicted octanol–water partition coefficient (Wildman–Crippen LogP) is 4.87. The van der Waals surface area contributed by atoms with E-state index in [0.29, 0.717) is 17.3 Å². The molecule has 1 heterocycles. The minimum atomic E-state index is -3.57. The van der Waals surface area contributed by atoms with Crippen LogP contribution in [0.2, 0.25) is 0 Å². The fraction of sp³-hybridized carbons (Fsp3) is 0.357. The topological polar surface area (TPSA) is 118 Å². The van der Waals surface area contributed by atoms with Gasteiger partial charge in [-0.2, -0.15) is 0 Å². The number of rotatable bonds is 9. The molecule has 39 heavy (non-hydrogen) atoms. The lowest BCUT2D eigenvalue weighted by Crippen LogP contribution is -2.32. The highest BCUT2D eigenvalue weighted by Crippen LogP contribution is 2.30. The molecule has 0 saturated heterocycles. The van der Waals surface area contributed by atoms with Gasteiger partial charge in [-0.15, -0.1) is 0 Å². The number of carboxylic acids is 1. The number of hydrogen-bond acceptors (Lipinski definition) is 5. The lowest BCUT2D eigenvalue weighted by molar-refractivity contribution is 0.0533. The van der Waals surface area contributed by atoms with Crippen molar-refractivity contribution in [3.8, 4) is 0 Å². The van der Waals surface area contributed by atoms with Crippen LogP contribution in [0.5, 0.6) is 0 Å². The molecule has 0 aliphatic heterocycles. The molecule has 0 spiro atoms. The van der Waals surface area contributed by atoms with E-state index in [1.54, 1.807) is 49.6 Å². The minimum absolute atomic E-state index is 0.0583. The number of allylic oxidation sites excluding steroid dienone is 1. The van der Waals surface area contributed by atoms with Crippen molar-refractivity contribution in [2.75, 3.05) is 20.6 Å². The van der Waals surface area contributed by atoms with Crippen LogP contribution in [0.15, 0.2) is 59.3 Å². The highest BCUT2D eigenvalue weighted by atomic mass is 32.2. The summed E-state index contributed by atoms with van der Waals surface area (Å²) < 4.78 is 47.8. The van der Waals surface area contributed by atoms with Crippen molar-refractivity contribution in [3.05, 3.63) is 76.8 Å². The number of benzene rings is 2. The smallest absolute Gasteiger partial charge is 0.407 e. The number of sulfonamides is 1. The third-order valence-electron chi connectivity index (χ3n) is 6.06. The summed E-state index contributed by atoms with van der Waals surface area (Å²) in [6.07, 6.45) is 0.985. The number of aromatic carboxylic acids is 1. The molecule has 3 rings (SSSR count). The highest BCUT2D eigenvalue weighted by Gasteiger charge is 2.20. The molecule has 0 bridgehead atoms. The molecule has 0 unspecified atom stereocenters. The average Bonchev–Trinajstić information content (AvgIpc) is 3.08. The zero-order chi connectivity index (χ0) is 29.1. The van der Waals surface area contributed by atoms with Gasteiger partial charge >= 0.3 is 12.1 Å². The van der Waals surface area contributed by atoms with Gasteiger partial charge in [-0.25, -0.2) is 26.7 Å². The third kappa shape index (κ3) is 7.24. The summed E-state index contributed by atoms with van der Waals surface area (Å²) in [5.74, 6) is -1.57. The van der Waals surface area contributed by atoms with Crippen LogP contribution in [0.1, 0.15) is 48.0 Å². The molecule has 2 N–H and O–H groups in total. The number of hydrogen-bond donors (Lipinski definition) is 2. The van der Waals surface area contributed by atoms with Crippen molar-refractivity contribution < 1.29 is 32.2 Å². The summed E-state index contributed by atoms with van der Waals surface area (Å²) in [6, 6.07) is 11.2. The van der Waals surface area contributed by atoms with Crippen LogP contribution < -0.4 is 5.32 Å². The number of amides is 1. The van der Waals surface area contributed by atoms with Gasteiger partial charge in [-0.1, -0.05) is 12.1 Å². The number of fused-ring (bicyclic) bond motifs is 1. The Labute approximate surface area is 227 Å². The van der Waals surface area contributed by atoms with Crippen LogP contribution in [0.4, 0.5) is 9.18 Å². The van der Waals surface area contributed by atoms with Crippen molar-refractivity contribution in [3.63, 3.8) is 0 Å². The van der Waals surface area contributed by atoms with Crippen LogP contribution in [0, 0.1) is 6.92 Å². The molecule has 0 atom stereocenters. The van der Waals surface area contributed by atoms with Crippen molar-refractivity contribution >= 4 is 33.0 Å². The van der Waals surface area contributed by atoms with Crippen molar-refractivity contribution in [1.82, 2.24) is 14.2 Å². The number of nitrogens with zero attached hydrogens (tertiary/aromatic N) is 2. The molecule has 0 aliphatic carbocycles. The van der Waals surface area contributed by atoms with Gasteiger partial charge in [-0.3, -0.25) is 0 Å². The number of carboxylic acid groups (broad SMARTS) is 1. The lowest BCUT2D eigenvalue weighted by Gasteiger charge is -2.19. The minimum Gasteiger partial charge on any atom is -0.478 e. The van der Waals surface area contributed by atoms with E-state index < -0.39 is 33.5 Å². The Morgan fingerprint density at radius 2 is 1.77 bits per heavy atom. The second-order valence-corrected chi connectivity index (χ2v) is 12.5. The molecule has 0 fully saturated rings. The molecule has 3 aromatic rings. The second-order valence-electron chi connectivity index (χ2n) is 10.3. The largest absolute Gasteiger partial charge is 0.478 e. The summed E-state index contributed by atoms with van der Waals surface area (Å²) >= 11 is 0. The summed E-state index contributed by atoms with van der Waals surface area (Å²) in [6.45, 7) is 6.85. The summed E-state index contributed by atoms with van der Waals surface area (Å²) in [5, 5.41) is 12.7. The summed E-state index contributed by atoms with van der Waals surface area (Å²) in [7, 11) is -0.652. The van der Waals surface area contributed by atoms with E-state index in [1.165, 1.54) is 38.4 Å². The normalized spacial score (nSPS) is 12.7. The third-order valence-corrected chi connectivity index (χ3v) is 7.89. The van der Waals surface area contributed by atoms with Gasteiger partial charge in [0.2, 0.25) is 10.0 Å². The van der Waals surface area contributed by atoms with Gasteiger partial charge in [0.15, 0.2) is 0 Å². The first kappa shape index (κ1) is 29.9. The van der Waals surface area contributed by atoms with Gasteiger partial charge in [0, 0.05) is 37.2 Å². The Hall–Kier alpha value is -3.70. The molecule has 0 saturated carbocycles. The molecule has 210 valence electrons. The lowest BCUT2D eigenvalue weighted by atomic mass is 10.0. The van der Waals surface area contributed by atoms with Crippen LogP contribution in [0.3, 0.4) is 0 Å². The number of carbonyl (C=O) groups is 2. The molecular formula is C28H34FN3O6S. The quantitative estimate of drug-likeness (QED) is 0.386. The van der Waals surface area contributed by atoms with Gasteiger partial charge in [-0.05, 0) is 81.7 Å². The zero-order valence-corrected chi connectivity index (χ0v) is 23.7. The molecule has 2 aromatic carbocycles. The van der Waals surface area contributed by atoms with E-state index in [2.05, 4.69) is 5.32 Å². The first-order valence-electron chi connectivity index (χ1n) is 12.3. The Bertz CT molecular complexity index is 1520. The monoisotopic (exact) mass is 559 g/mol. The van der Waals surface area contributed by atoms with Gasteiger partial charge in [0.05, 0.1) is 17.0 Å². The summed E-state index contributed by atoms with van der Waals surface area (Å²) in [4.78, 5) is 23.6. The first-order chi connectivity index (χ1) is 18.1. The number of ether oxygens (including phenoxy) is 1. The first-order valence-corrected chi connectivity index (χ1v) is 13.7. The van der Waals surface area contributed by atoms with E-state index in [9.17, 15) is 27.5 Å². The molecular weight excluding hydrogens is 525 g/mol. The number of aromatic nitrogens is 1. The standard InChI is InChI=1S/C28H34FN3O6S/c1-18-23(15-19-7-10-22(11-8-19)39(36,37)31(5)6)24-16-20(26(33)34)9-12-25(24)32(18)17-21(29)13-14-30-27(35)38-28(2,3)4/h7-13,16H,14-15,17H2,1-6H3,(H,30,35)(H,33,34)/b21-13-. The Morgan fingerprint density at radius 3 is 2.33 bits per heavy atom. The molecule has 11 heteroatoms. The molecule has 1 amide bonds. The molecule has 9 nitrogen and oxygen atoms in total. The number of nitrogens with one attached hydrogen (secondary N) is 1. The molecule has 0 radical (unpaired) electrons.